The Morgan fingerprint density at radius 1 is 1.57 bits per heavy atom. The molecule has 6 heteroatoms. The van der Waals surface area contributed by atoms with E-state index >= 15 is 0 Å². The molecule has 0 saturated carbocycles. The molecule has 1 aliphatic rings. The van der Waals surface area contributed by atoms with Gasteiger partial charge in [-0.05, 0) is 12.8 Å². The molecule has 0 aromatic carbocycles. The highest BCUT2D eigenvalue weighted by molar-refractivity contribution is 7.87. The van der Waals surface area contributed by atoms with Crippen molar-refractivity contribution in [2.45, 2.75) is 23.3 Å². The summed E-state index contributed by atoms with van der Waals surface area (Å²) >= 11 is 0. The molecule has 3 N–H and O–H groups in total. The summed E-state index contributed by atoms with van der Waals surface area (Å²) in [7, 11) is -1.38. The van der Waals surface area contributed by atoms with Gasteiger partial charge >= 0.3 is 5.97 Å². The van der Waals surface area contributed by atoms with Gasteiger partial charge in [0, 0.05) is 35.8 Å². The van der Waals surface area contributed by atoms with Crippen LogP contribution in [0.25, 0.3) is 0 Å². The van der Waals surface area contributed by atoms with Crippen LogP contribution in [0.1, 0.15) is 12.8 Å². The molecule has 1 fully saturated rings. The van der Waals surface area contributed by atoms with Gasteiger partial charge in [-0.2, -0.15) is 0 Å². The molecule has 0 aromatic heterocycles. The van der Waals surface area contributed by atoms with E-state index in [1.165, 1.54) is 0 Å². The molecule has 1 heterocycles. The Balaban J connectivity index is 2.56. The first kappa shape index (κ1) is 11.6. The standard InChI is InChI=1S/C8H15NO4S/c9-5-7(8(10)11)14(12)6-1-3-13-4-2-6/h6-7H,1-5,9H2,(H,10,11). The first-order chi connectivity index (χ1) is 6.66. The van der Waals surface area contributed by atoms with Crippen molar-refractivity contribution < 1.29 is 18.8 Å². The SMILES string of the molecule is NCC(C(=O)O)S(=O)C1CCOCC1. The number of ether oxygens (including phenoxy) is 1. The highest BCUT2D eigenvalue weighted by Crippen LogP contribution is 2.16. The molecule has 0 aliphatic carbocycles. The lowest BCUT2D eigenvalue weighted by molar-refractivity contribution is -0.136. The van der Waals surface area contributed by atoms with E-state index in [-0.39, 0.29) is 11.8 Å². The summed E-state index contributed by atoms with van der Waals surface area (Å²) in [5, 5.41) is 7.76. The number of carboxylic acid groups (broad SMARTS) is 1. The van der Waals surface area contributed by atoms with Crippen molar-refractivity contribution in [3.63, 3.8) is 0 Å². The van der Waals surface area contributed by atoms with Gasteiger partial charge in [0.25, 0.3) is 0 Å². The molecule has 2 atom stereocenters. The molecule has 0 radical (unpaired) electrons. The number of aliphatic carboxylic acids is 1. The van der Waals surface area contributed by atoms with Gasteiger partial charge in [-0.1, -0.05) is 0 Å². The van der Waals surface area contributed by atoms with Crippen molar-refractivity contribution in [1.82, 2.24) is 0 Å². The largest absolute Gasteiger partial charge is 0.480 e. The van der Waals surface area contributed by atoms with Gasteiger partial charge in [-0.3, -0.25) is 9.00 Å². The van der Waals surface area contributed by atoms with E-state index in [2.05, 4.69) is 0 Å². The first-order valence-corrected chi connectivity index (χ1v) is 5.84. The Morgan fingerprint density at radius 3 is 2.57 bits per heavy atom. The van der Waals surface area contributed by atoms with Crippen molar-refractivity contribution >= 4 is 16.8 Å². The fraction of sp³-hybridized carbons (Fsp3) is 0.875. The summed E-state index contributed by atoms with van der Waals surface area (Å²) in [4.78, 5) is 10.7. The van der Waals surface area contributed by atoms with Crippen LogP contribution >= 0.6 is 0 Å². The monoisotopic (exact) mass is 221 g/mol. The van der Waals surface area contributed by atoms with Gasteiger partial charge in [0.1, 0.15) is 5.25 Å². The maximum Gasteiger partial charge on any atom is 0.320 e. The second kappa shape index (κ2) is 5.43. The molecule has 1 saturated heterocycles. The summed E-state index contributed by atoms with van der Waals surface area (Å²) in [5.41, 5.74) is 5.28. The zero-order valence-corrected chi connectivity index (χ0v) is 8.66. The van der Waals surface area contributed by atoms with E-state index in [0.717, 1.165) is 0 Å². The van der Waals surface area contributed by atoms with E-state index in [1.807, 2.05) is 0 Å². The predicted octanol–water partition coefficient (Wildman–Crippen LogP) is -0.674. The zero-order chi connectivity index (χ0) is 10.6. The average Bonchev–Trinajstić information content (AvgIpc) is 2.19. The Morgan fingerprint density at radius 2 is 2.14 bits per heavy atom. The van der Waals surface area contributed by atoms with Gasteiger partial charge < -0.3 is 15.6 Å². The predicted molar refractivity (Wildman–Crippen MR) is 52.5 cm³/mol. The van der Waals surface area contributed by atoms with E-state index in [4.69, 9.17) is 15.6 Å². The molecule has 5 nitrogen and oxygen atoms in total. The first-order valence-electron chi connectivity index (χ1n) is 4.56. The molecule has 82 valence electrons. The summed E-state index contributed by atoms with van der Waals surface area (Å²) in [6.45, 7) is 1.06. The van der Waals surface area contributed by atoms with Crippen LogP contribution in [-0.4, -0.2) is 45.5 Å². The van der Waals surface area contributed by atoms with Crippen LogP contribution in [-0.2, 0) is 20.3 Å². The van der Waals surface area contributed by atoms with Crippen LogP contribution in [0.5, 0.6) is 0 Å². The fourth-order valence-electron chi connectivity index (χ4n) is 1.44. The van der Waals surface area contributed by atoms with Gasteiger partial charge in [0.2, 0.25) is 0 Å². The second-order valence-electron chi connectivity index (χ2n) is 3.20. The molecular weight excluding hydrogens is 206 g/mol. The van der Waals surface area contributed by atoms with Crippen LogP contribution in [0, 0.1) is 0 Å². The summed E-state index contributed by atoms with van der Waals surface area (Å²) < 4.78 is 16.9. The molecule has 1 aliphatic heterocycles. The third kappa shape index (κ3) is 2.76. The maximum absolute atomic E-state index is 11.8. The number of hydrogen-bond acceptors (Lipinski definition) is 4. The maximum atomic E-state index is 11.8. The lowest BCUT2D eigenvalue weighted by atomic mass is 10.2. The normalized spacial score (nSPS) is 22.9. The Labute approximate surface area is 85.1 Å². The minimum Gasteiger partial charge on any atom is -0.480 e. The van der Waals surface area contributed by atoms with Crippen molar-refractivity contribution in [3.05, 3.63) is 0 Å². The molecule has 0 aromatic rings. The average molecular weight is 221 g/mol. The van der Waals surface area contributed by atoms with Gasteiger partial charge in [-0.25, -0.2) is 0 Å². The Kier molecular flexibility index (Phi) is 4.50. The summed E-state index contributed by atoms with van der Waals surface area (Å²) in [6, 6.07) is 0. The third-order valence-electron chi connectivity index (χ3n) is 2.27. The molecule has 0 bridgehead atoms. The highest BCUT2D eigenvalue weighted by atomic mass is 32.2. The number of rotatable bonds is 4. The van der Waals surface area contributed by atoms with Crippen molar-refractivity contribution in [2.75, 3.05) is 19.8 Å². The minimum absolute atomic E-state index is 0.0701. The quantitative estimate of drug-likeness (QED) is 0.657. The lowest BCUT2D eigenvalue weighted by Gasteiger charge is -2.23. The number of hydrogen-bond donors (Lipinski definition) is 2. The molecule has 1 rings (SSSR count). The van der Waals surface area contributed by atoms with Crippen LogP contribution in [0.3, 0.4) is 0 Å². The smallest absolute Gasteiger partial charge is 0.320 e. The van der Waals surface area contributed by atoms with Gasteiger partial charge in [-0.15, -0.1) is 0 Å². The third-order valence-corrected chi connectivity index (χ3v) is 4.35. The molecular formula is C8H15NO4S. The highest BCUT2D eigenvalue weighted by Gasteiger charge is 2.30. The second-order valence-corrected chi connectivity index (χ2v) is 5.10. The zero-order valence-electron chi connectivity index (χ0n) is 7.85. The van der Waals surface area contributed by atoms with Gasteiger partial charge in [0.05, 0.1) is 0 Å². The summed E-state index contributed by atoms with van der Waals surface area (Å²) in [5.74, 6) is -1.07. The van der Waals surface area contributed by atoms with E-state index in [9.17, 15) is 9.00 Å². The minimum atomic E-state index is -1.38. The van der Waals surface area contributed by atoms with Crippen molar-refractivity contribution in [2.24, 2.45) is 5.73 Å². The van der Waals surface area contributed by atoms with E-state index in [0.29, 0.717) is 26.1 Å². The van der Waals surface area contributed by atoms with Crippen LogP contribution in [0.15, 0.2) is 0 Å². The van der Waals surface area contributed by atoms with Crippen LogP contribution in [0.4, 0.5) is 0 Å². The summed E-state index contributed by atoms with van der Waals surface area (Å²) in [6.07, 6.45) is 1.33. The topological polar surface area (TPSA) is 89.6 Å². The molecule has 2 unspecified atom stereocenters. The Bertz CT molecular complexity index is 227. The molecule has 0 amide bonds. The van der Waals surface area contributed by atoms with Crippen molar-refractivity contribution in [1.29, 1.82) is 0 Å². The van der Waals surface area contributed by atoms with Crippen molar-refractivity contribution in [3.8, 4) is 0 Å². The number of carbonyl (C=O) groups is 1. The molecule has 14 heavy (non-hydrogen) atoms. The Hall–Kier alpha value is -0.460. The number of nitrogens with two attached hydrogens (primary N) is 1. The van der Waals surface area contributed by atoms with E-state index in [1.54, 1.807) is 0 Å². The van der Waals surface area contributed by atoms with Gasteiger partial charge in [0.15, 0.2) is 0 Å². The lowest BCUT2D eigenvalue weighted by Crippen LogP contribution is -2.40. The molecule has 0 spiro atoms. The van der Waals surface area contributed by atoms with Crippen LogP contribution in [0.2, 0.25) is 0 Å². The van der Waals surface area contributed by atoms with Crippen LogP contribution < -0.4 is 5.73 Å². The fourth-order valence-corrected chi connectivity index (χ4v) is 2.95. The number of carboxylic acids is 1. The van der Waals surface area contributed by atoms with E-state index < -0.39 is 22.0 Å².